The molecule has 0 aliphatic rings. The fourth-order valence-electron chi connectivity index (χ4n) is 2.76. The van der Waals surface area contributed by atoms with Gasteiger partial charge in [0.25, 0.3) is 5.91 Å². The predicted molar refractivity (Wildman–Crippen MR) is 104 cm³/mol. The minimum absolute atomic E-state index is 0.175. The van der Waals surface area contributed by atoms with Crippen molar-refractivity contribution in [2.75, 3.05) is 13.7 Å². The SMILES string of the molecule is COc1ccc(-c2cnc3c(-c4csc(C(=O)NCC(F)(F)F)c4)cnn3c2)cn1. The summed E-state index contributed by atoms with van der Waals surface area (Å²) in [6.07, 6.45) is 2.26. The first-order valence-corrected chi connectivity index (χ1v) is 9.50. The molecule has 0 spiro atoms. The maximum atomic E-state index is 12.3. The number of carbonyl (C=O) groups is 1. The third kappa shape index (κ3) is 4.10. The number of hydrogen-bond acceptors (Lipinski definition) is 6. The Morgan fingerprint density at radius 2 is 1.97 bits per heavy atom. The fourth-order valence-corrected chi connectivity index (χ4v) is 3.59. The number of carbonyl (C=O) groups excluding carboxylic acids is 1. The number of hydrogen-bond donors (Lipinski definition) is 1. The van der Waals surface area contributed by atoms with Crippen LogP contribution in [-0.2, 0) is 0 Å². The highest BCUT2D eigenvalue weighted by atomic mass is 32.1. The van der Waals surface area contributed by atoms with Crippen LogP contribution in [0, 0.1) is 0 Å². The molecule has 0 atom stereocenters. The van der Waals surface area contributed by atoms with E-state index in [9.17, 15) is 18.0 Å². The van der Waals surface area contributed by atoms with Gasteiger partial charge < -0.3 is 10.1 Å². The van der Waals surface area contributed by atoms with Crippen LogP contribution in [-0.4, -0.2) is 45.3 Å². The third-order valence-corrected chi connectivity index (χ3v) is 5.15. The van der Waals surface area contributed by atoms with E-state index in [0.29, 0.717) is 22.7 Å². The smallest absolute Gasteiger partial charge is 0.405 e. The number of methoxy groups -OCH3 is 1. The molecule has 1 N–H and O–H groups in total. The van der Waals surface area contributed by atoms with E-state index in [1.54, 1.807) is 40.7 Å². The summed E-state index contributed by atoms with van der Waals surface area (Å²) in [4.78, 5) is 20.7. The number of rotatable bonds is 5. The molecule has 4 aromatic heterocycles. The van der Waals surface area contributed by atoms with Crippen molar-refractivity contribution in [2.45, 2.75) is 6.18 Å². The molecule has 0 radical (unpaired) electrons. The van der Waals surface area contributed by atoms with Crippen molar-refractivity contribution in [1.29, 1.82) is 0 Å². The normalized spacial score (nSPS) is 11.6. The van der Waals surface area contributed by atoms with Crippen molar-refractivity contribution in [3.8, 4) is 28.1 Å². The summed E-state index contributed by atoms with van der Waals surface area (Å²) in [5.41, 5.74) is 3.51. The van der Waals surface area contributed by atoms with E-state index < -0.39 is 18.6 Å². The first-order chi connectivity index (χ1) is 14.3. The maximum Gasteiger partial charge on any atom is 0.405 e. The average molecular weight is 433 g/mol. The first kappa shape index (κ1) is 19.8. The standard InChI is InChI=1S/C19H14F3N5O2S/c1-29-16-3-2-11(5-23-16)13-6-24-17-14(7-26-27(17)8-13)12-4-15(30-9-12)18(28)25-10-19(20,21)22/h2-9H,10H2,1H3,(H,25,28). The summed E-state index contributed by atoms with van der Waals surface area (Å²) in [6, 6.07) is 5.12. The summed E-state index contributed by atoms with van der Waals surface area (Å²) >= 11 is 1.05. The number of halogens is 3. The van der Waals surface area contributed by atoms with Crippen molar-refractivity contribution < 1.29 is 22.7 Å². The van der Waals surface area contributed by atoms with Gasteiger partial charge in [-0.2, -0.15) is 18.3 Å². The summed E-state index contributed by atoms with van der Waals surface area (Å²) in [6.45, 7) is -1.37. The highest BCUT2D eigenvalue weighted by Crippen LogP contribution is 2.29. The van der Waals surface area contributed by atoms with Crippen molar-refractivity contribution in [2.24, 2.45) is 0 Å². The fraction of sp³-hybridized carbons (Fsp3) is 0.158. The number of alkyl halides is 3. The predicted octanol–water partition coefficient (Wildman–Crippen LogP) is 3.82. The van der Waals surface area contributed by atoms with Gasteiger partial charge in [0.2, 0.25) is 5.88 Å². The highest BCUT2D eigenvalue weighted by molar-refractivity contribution is 7.12. The van der Waals surface area contributed by atoms with E-state index in [-0.39, 0.29) is 4.88 Å². The van der Waals surface area contributed by atoms with Gasteiger partial charge in [-0.3, -0.25) is 4.79 Å². The van der Waals surface area contributed by atoms with E-state index >= 15 is 0 Å². The molecule has 0 saturated carbocycles. The molecule has 0 saturated heterocycles. The minimum atomic E-state index is -4.46. The second-order valence-corrected chi connectivity index (χ2v) is 7.17. The molecule has 4 aromatic rings. The van der Waals surface area contributed by atoms with Crippen LogP contribution in [0.3, 0.4) is 0 Å². The lowest BCUT2D eigenvalue weighted by Crippen LogP contribution is -2.33. The Balaban J connectivity index is 1.58. The van der Waals surface area contributed by atoms with Crippen LogP contribution < -0.4 is 10.1 Å². The molecule has 0 aliphatic carbocycles. The molecule has 0 unspecified atom stereocenters. The van der Waals surface area contributed by atoms with Crippen LogP contribution in [0.5, 0.6) is 5.88 Å². The Hall–Kier alpha value is -3.47. The molecular formula is C19H14F3N5O2S. The Morgan fingerprint density at radius 3 is 2.67 bits per heavy atom. The van der Waals surface area contributed by atoms with Gasteiger partial charge in [0.1, 0.15) is 6.54 Å². The zero-order chi connectivity index (χ0) is 21.3. The number of nitrogens with zero attached hydrogens (tertiary/aromatic N) is 4. The molecule has 30 heavy (non-hydrogen) atoms. The molecule has 0 aromatic carbocycles. The lowest BCUT2D eigenvalue weighted by molar-refractivity contribution is -0.123. The van der Waals surface area contributed by atoms with Crippen molar-refractivity contribution in [3.05, 3.63) is 53.2 Å². The summed E-state index contributed by atoms with van der Waals surface area (Å²) < 4.78 is 43.5. The van der Waals surface area contributed by atoms with Gasteiger partial charge in [-0.05, 0) is 23.1 Å². The molecule has 4 rings (SSSR count). The summed E-state index contributed by atoms with van der Waals surface area (Å²) in [5.74, 6) is -0.274. The maximum absolute atomic E-state index is 12.3. The van der Waals surface area contributed by atoms with Gasteiger partial charge in [0, 0.05) is 41.3 Å². The quantitative estimate of drug-likeness (QED) is 0.518. The number of amides is 1. The topological polar surface area (TPSA) is 81.4 Å². The summed E-state index contributed by atoms with van der Waals surface area (Å²) in [5, 5.41) is 7.85. The van der Waals surface area contributed by atoms with Gasteiger partial charge in [-0.15, -0.1) is 11.3 Å². The number of aromatic nitrogens is 4. The Kier molecular flexibility index (Phi) is 5.12. The van der Waals surface area contributed by atoms with Gasteiger partial charge >= 0.3 is 6.18 Å². The minimum Gasteiger partial charge on any atom is -0.481 e. The molecule has 4 heterocycles. The Morgan fingerprint density at radius 1 is 1.17 bits per heavy atom. The Labute approximate surface area is 172 Å². The average Bonchev–Trinajstić information content (AvgIpc) is 3.38. The van der Waals surface area contributed by atoms with Crippen LogP contribution in [0.4, 0.5) is 13.2 Å². The molecule has 0 bridgehead atoms. The van der Waals surface area contributed by atoms with Gasteiger partial charge in [-0.1, -0.05) is 0 Å². The van der Waals surface area contributed by atoms with Crippen molar-refractivity contribution in [3.63, 3.8) is 0 Å². The van der Waals surface area contributed by atoms with E-state index in [2.05, 4.69) is 15.1 Å². The van der Waals surface area contributed by atoms with E-state index in [0.717, 1.165) is 22.5 Å². The highest BCUT2D eigenvalue weighted by Gasteiger charge is 2.28. The van der Waals surface area contributed by atoms with Crippen LogP contribution in [0.15, 0.2) is 48.4 Å². The first-order valence-electron chi connectivity index (χ1n) is 8.62. The number of fused-ring (bicyclic) bond motifs is 1. The van der Waals surface area contributed by atoms with Gasteiger partial charge in [0.05, 0.1) is 18.2 Å². The summed E-state index contributed by atoms with van der Waals surface area (Å²) in [7, 11) is 1.54. The van der Waals surface area contributed by atoms with E-state index in [1.807, 2.05) is 11.4 Å². The van der Waals surface area contributed by atoms with Crippen LogP contribution in [0.2, 0.25) is 0 Å². The number of nitrogens with one attached hydrogen (secondary N) is 1. The van der Waals surface area contributed by atoms with Crippen LogP contribution >= 0.6 is 11.3 Å². The van der Waals surface area contributed by atoms with Crippen molar-refractivity contribution in [1.82, 2.24) is 24.9 Å². The number of thiophene rings is 1. The second kappa shape index (κ2) is 7.75. The van der Waals surface area contributed by atoms with Crippen molar-refractivity contribution >= 4 is 22.9 Å². The van der Waals surface area contributed by atoms with E-state index in [1.165, 1.54) is 13.2 Å². The van der Waals surface area contributed by atoms with Gasteiger partial charge in [-0.25, -0.2) is 14.5 Å². The number of pyridine rings is 1. The molecule has 7 nitrogen and oxygen atoms in total. The number of ether oxygens (including phenoxy) is 1. The lowest BCUT2D eigenvalue weighted by atomic mass is 10.1. The molecule has 0 fully saturated rings. The largest absolute Gasteiger partial charge is 0.481 e. The molecule has 11 heteroatoms. The zero-order valence-corrected chi connectivity index (χ0v) is 16.3. The zero-order valence-electron chi connectivity index (χ0n) is 15.5. The molecular weight excluding hydrogens is 419 g/mol. The van der Waals surface area contributed by atoms with Crippen LogP contribution in [0.1, 0.15) is 9.67 Å². The second-order valence-electron chi connectivity index (χ2n) is 6.26. The monoisotopic (exact) mass is 433 g/mol. The third-order valence-electron chi connectivity index (χ3n) is 4.22. The van der Waals surface area contributed by atoms with Crippen LogP contribution in [0.25, 0.3) is 27.9 Å². The van der Waals surface area contributed by atoms with E-state index in [4.69, 9.17) is 4.74 Å². The molecule has 1 amide bonds. The molecule has 154 valence electrons. The van der Waals surface area contributed by atoms with Gasteiger partial charge in [0.15, 0.2) is 5.65 Å². The molecule has 0 aliphatic heterocycles. The Bertz CT molecular complexity index is 1200. The lowest BCUT2D eigenvalue weighted by Gasteiger charge is -2.06.